The summed E-state index contributed by atoms with van der Waals surface area (Å²) in [5, 5.41) is 20.1. The highest BCUT2D eigenvalue weighted by Crippen LogP contribution is 2.48. The van der Waals surface area contributed by atoms with E-state index >= 15 is 0 Å². The van der Waals surface area contributed by atoms with Crippen LogP contribution in [0.5, 0.6) is 5.75 Å². The first-order valence-electron chi connectivity index (χ1n) is 10.4. The van der Waals surface area contributed by atoms with Gasteiger partial charge in [-0.2, -0.15) is 0 Å². The van der Waals surface area contributed by atoms with E-state index in [1.54, 1.807) is 6.07 Å². The largest absolute Gasteiger partial charge is 0.506 e. The van der Waals surface area contributed by atoms with Crippen LogP contribution in [0.25, 0.3) is 11.3 Å². The molecule has 2 aromatic rings. The van der Waals surface area contributed by atoms with Gasteiger partial charge in [-0.1, -0.05) is 30.1 Å². The minimum Gasteiger partial charge on any atom is -0.506 e. The average molecular weight is 451 g/mol. The molecule has 1 spiro atoms. The Bertz CT molecular complexity index is 961. The first kappa shape index (κ1) is 21.6. The van der Waals surface area contributed by atoms with E-state index in [2.05, 4.69) is 16.8 Å². The van der Waals surface area contributed by atoms with Gasteiger partial charge in [-0.25, -0.2) is 9.97 Å². The van der Waals surface area contributed by atoms with Crippen LogP contribution in [-0.4, -0.2) is 39.3 Å². The van der Waals surface area contributed by atoms with Crippen LogP contribution in [0.1, 0.15) is 44.0 Å². The third-order valence-electron chi connectivity index (χ3n) is 7.06. The van der Waals surface area contributed by atoms with Crippen molar-refractivity contribution in [3.63, 3.8) is 0 Å². The smallest absolute Gasteiger partial charge is 0.153 e. The van der Waals surface area contributed by atoms with Gasteiger partial charge in [-0.05, 0) is 56.1 Å². The number of aromatic hydroxyl groups is 1. The van der Waals surface area contributed by atoms with Crippen molar-refractivity contribution in [3.8, 4) is 17.0 Å². The van der Waals surface area contributed by atoms with Crippen LogP contribution in [0, 0.1) is 18.3 Å². The predicted octanol–water partition coefficient (Wildman–Crippen LogP) is 4.30. The number of nitrogens with zero attached hydrogens (tertiary/aromatic N) is 3. The Morgan fingerprint density at radius 3 is 2.47 bits per heavy atom. The number of rotatable bonds is 3. The number of halogens is 2. The highest BCUT2D eigenvalue weighted by atomic mass is 35.5. The summed E-state index contributed by atoms with van der Waals surface area (Å²) in [6, 6.07) is 3.40. The van der Waals surface area contributed by atoms with Gasteiger partial charge in [0.2, 0.25) is 0 Å². The van der Waals surface area contributed by atoms with Crippen LogP contribution in [0.15, 0.2) is 12.1 Å². The Morgan fingerprint density at radius 2 is 1.87 bits per heavy atom. The second-order valence-corrected chi connectivity index (χ2v) is 9.49. The zero-order valence-corrected chi connectivity index (χ0v) is 18.8. The predicted molar refractivity (Wildman–Crippen MR) is 120 cm³/mol. The molecule has 4 rings (SSSR count). The Balaban J connectivity index is 1.64. The van der Waals surface area contributed by atoms with E-state index in [-0.39, 0.29) is 33.9 Å². The molecule has 1 aliphatic carbocycles. The third kappa shape index (κ3) is 3.54. The van der Waals surface area contributed by atoms with E-state index in [9.17, 15) is 10.2 Å². The van der Waals surface area contributed by atoms with Crippen LogP contribution in [-0.2, 0) is 6.61 Å². The maximum absolute atomic E-state index is 10.0. The van der Waals surface area contributed by atoms with Crippen LogP contribution < -0.4 is 10.6 Å². The maximum Gasteiger partial charge on any atom is 0.153 e. The molecule has 1 saturated heterocycles. The van der Waals surface area contributed by atoms with Gasteiger partial charge < -0.3 is 20.8 Å². The fourth-order valence-electron chi connectivity index (χ4n) is 5.09. The van der Waals surface area contributed by atoms with Crippen molar-refractivity contribution in [3.05, 3.63) is 33.6 Å². The number of nitrogens with two attached hydrogens (primary N) is 1. The van der Waals surface area contributed by atoms with Crippen molar-refractivity contribution >= 4 is 29.0 Å². The molecular formula is C22H28Cl2N4O2. The molecule has 2 atom stereocenters. The van der Waals surface area contributed by atoms with E-state index in [0.717, 1.165) is 25.9 Å². The lowest BCUT2D eigenvalue weighted by Gasteiger charge is -2.43. The summed E-state index contributed by atoms with van der Waals surface area (Å²) < 4.78 is 0. The van der Waals surface area contributed by atoms with Gasteiger partial charge >= 0.3 is 0 Å². The van der Waals surface area contributed by atoms with Crippen molar-refractivity contribution in [2.24, 2.45) is 17.1 Å². The van der Waals surface area contributed by atoms with E-state index in [0.29, 0.717) is 34.4 Å². The number of benzene rings is 1. The number of hydrogen-bond acceptors (Lipinski definition) is 6. The molecule has 162 valence electrons. The van der Waals surface area contributed by atoms with Gasteiger partial charge in [0.1, 0.15) is 16.5 Å². The van der Waals surface area contributed by atoms with E-state index in [1.165, 1.54) is 18.9 Å². The number of aryl methyl sites for hydroxylation is 1. The van der Waals surface area contributed by atoms with Crippen LogP contribution in [0.2, 0.25) is 10.0 Å². The molecule has 2 heterocycles. The first-order valence-corrected chi connectivity index (χ1v) is 11.2. The fourth-order valence-corrected chi connectivity index (χ4v) is 5.50. The standard InChI is InChI=1S/C22H28Cl2N4O2/c1-12-5-6-22(20(12)25)7-9-28(10-8-22)21-15(11-29)27-19(13(2)26-21)14-3-4-16(30)18(24)17(14)23/h3-4,12,20,29-30H,5-11,25H2,1-2H3/t12-,20-/m1/s1. The number of phenolic OH excluding ortho intramolecular Hbond substituents is 1. The van der Waals surface area contributed by atoms with Crippen LogP contribution in [0.4, 0.5) is 5.82 Å². The van der Waals surface area contributed by atoms with Crippen molar-refractivity contribution in [2.75, 3.05) is 18.0 Å². The van der Waals surface area contributed by atoms with Crippen molar-refractivity contribution in [2.45, 2.75) is 52.2 Å². The number of phenols is 1. The molecule has 8 heteroatoms. The summed E-state index contributed by atoms with van der Waals surface area (Å²) in [5.74, 6) is 1.21. The fraction of sp³-hybridized carbons (Fsp3) is 0.545. The molecule has 6 nitrogen and oxygen atoms in total. The first-order chi connectivity index (χ1) is 14.3. The molecule has 0 bridgehead atoms. The Kier molecular flexibility index (Phi) is 5.88. The van der Waals surface area contributed by atoms with Gasteiger partial charge in [0.05, 0.1) is 23.0 Å². The number of aliphatic hydroxyl groups excluding tert-OH is 1. The second-order valence-electron chi connectivity index (χ2n) is 8.74. The quantitative estimate of drug-likeness (QED) is 0.644. The molecule has 0 radical (unpaired) electrons. The summed E-state index contributed by atoms with van der Waals surface area (Å²) in [6.45, 7) is 5.60. The number of piperidine rings is 1. The van der Waals surface area contributed by atoms with Crippen LogP contribution in [0.3, 0.4) is 0 Å². The van der Waals surface area contributed by atoms with Crippen molar-refractivity contribution < 1.29 is 10.2 Å². The lowest BCUT2D eigenvalue weighted by Crippen LogP contribution is -2.48. The molecular weight excluding hydrogens is 423 g/mol. The second kappa shape index (κ2) is 8.15. The SMILES string of the molecule is Cc1nc(N2CCC3(CC[C@@H](C)[C@H]3N)CC2)c(CO)nc1-c1ccc(O)c(Cl)c1Cl. The van der Waals surface area contributed by atoms with Gasteiger partial charge in [0, 0.05) is 24.7 Å². The zero-order chi connectivity index (χ0) is 21.6. The zero-order valence-electron chi connectivity index (χ0n) is 17.3. The summed E-state index contributed by atoms with van der Waals surface area (Å²) in [6.07, 6.45) is 4.46. The molecule has 1 saturated carbocycles. The van der Waals surface area contributed by atoms with Gasteiger partial charge in [0.25, 0.3) is 0 Å². The minimum absolute atomic E-state index is 0.0773. The lowest BCUT2D eigenvalue weighted by atomic mass is 9.73. The summed E-state index contributed by atoms with van der Waals surface area (Å²) in [5.41, 5.74) is 9.11. The Morgan fingerprint density at radius 1 is 1.17 bits per heavy atom. The molecule has 2 aliphatic rings. The van der Waals surface area contributed by atoms with Gasteiger partial charge in [-0.15, -0.1) is 0 Å². The van der Waals surface area contributed by atoms with Crippen LogP contribution >= 0.6 is 23.2 Å². The number of anilines is 1. The maximum atomic E-state index is 10.0. The normalized spacial score (nSPS) is 23.3. The molecule has 30 heavy (non-hydrogen) atoms. The number of aliphatic hydroxyl groups is 1. The molecule has 0 amide bonds. The van der Waals surface area contributed by atoms with Gasteiger partial charge in [0.15, 0.2) is 5.82 Å². The molecule has 1 aliphatic heterocycles. The number of aromatic nitrogens is 2. The van der Waals surface area contributed by atoms with Crippen molar-refractivity contribution in [1.29, 1.82) is 0 Å². The topological polar surface area (TPSA) is 95.5 Å². The molecule has 4 N–H and O–H groups in total. The molecule has 1 aromatic heterocycles. The highest BCUT2D eigenvalue weighted by molar-refractivity contribution is 6.44. The Labute approximate surface area is 187 Å². The van der Waals surface area contributed by atoms with Gasteiger partial charge in [-0.3, -0.25) is 0 Å². The monoisotopic (exact) mass is 450 g/mol. The molecule has 0 unspecified atom stereocenters. The Hall–Kier alpha value is -1.60. The third-order valence-corrected chi connectivity index (χ3v) is 7.94. The molecule has 1 aromatic carbocycles. The van der Waals surface area contributed by atoms with Crippen molar-refractivity contribution in [1.82, 2.24) is 9.97 Å². The molecule has 2 fully saturated rings. The lowest BCUT2D eigenvalue weighted by molar-refractivity contribution is 0.185. The summed E-state index contributed by atoms with van der Waals surface area (Å²) in [7, 11) is 0. The minimum atomic E-state index is -0.225. The average Bonchev–Trinajstić information content (AvgIpc) is 3.01. The highest BCUT2D eigenvalue weighted by Gasteiger charge is 2.46. The number of hydrogen-bond donors (Lipinski definition) is 3. The summed E-state index contributed by atoms with van der Waals surface area (Å²) >= 11 is 12.4. The van der Waals surface area contributed by atoms with E-state index in [4.69, 9.17) is 33.9 Å². The van der Waals surface area contributed by atoms with E-state index in [1.807, 2.05) is 6.92 Å². The van der Waals surface area contributed by atoms with E-state index < -0.39 is 0 Å². The summed E-state index contributed by atoms with van der Waals surface area (Å²) in [4.78, 5) is 11.7.